The normalized spacial score (nSPS) is 12.8. The lowest BCUT2D eigenvalue weighted by atomic mass is 10.3. The zero-order chi connectivity index (χ0) is 16.7. The number of hydrogen-bond donors (Lipinski definition) is 2. The molecular formula is C17H22FN3OS. The van der Waals surface area contributed by atoms with Crippen molar-refractivity contribution in [3.8, 4) is 5.75 Å². The predicted octanol–water partition coefficient (Wildman–Crippen LogP) is 3.33. The molecule has 0 aliphatic carbocycles. The van der Waals surface area contributed by atoms with Crippen molar-refractivity contribution in [2.24, 2.45) is 4.99 Å². The first-order valence-electron chi connectivity index (χ1n) is 7.49. The largest absolute Gasteiger partial charge is 0.486 e. The molecule has 6 heteroatoms. The summed E-state index contributed by atoms with van der Waals surface area (Å²) in [7, 11) is 1.72. The van der Waals surface area contributed by atoms with Gasteiger partial charge < -0.3 is 15.4 Å². The molecule has 0 radical (unpaired) electrons. The van der Waals surface area contributed by atoms with Gasteiger partial charge in [0.15, 0.2) is 17.5 Å². The van der Waals surface area contributed by atoms with E-state index in [1.165, 1.54) is 16.5 Å². The minimum atomic E-state index is -0.352. The maximum Gasteiger partial charge on any atom is 0.191 e. The van der Waals surface area contributed by atoms with E-state index < -0.39 is 0 Å². The fraction of sp³-hybridized carbons (Fsp3) is 0.353. The molecule has 0 aliphatic rings. The molecule has 1 heterocycles. The molecule has 1 aromatic carbocycles. The van der Waals surface area contributed by atoms with Crippen LogP contribution in [0.4, 0.5) is 4.39 Å². The van der Waals surface area contributed by atoms with Gasteiger partial charge in [-0.3, -0.25) is 4.99 Å². The van der Waals surface area contributed by atoms with Gasteiger partial charge in [0.2, 0.25) is 0 Å². The first kappa shape index (κ1) is 17.3. The first-order valence-corrected chi connectivity index (χ1v) is 8.36. The van der Waals surface area contributed by atoms with Gasteiger partial charge in [0.05, 0.1) is 13.1 Å². The Hall–Kier alpha value is -2.08. The lowest BCUT2D eigenvalue weighted by Gasteiger charge is -2.18. The summed E-state index contributed by atoms with van der Waals surface area (Å²) in [5, 5.41) is 8.53. The number of ether oxygens (including phenoxy) is 1. The van der Waals surface area contributed by atoms with Crippen molar-refractivity contribution in [2.45, 2.75) is 26.5 Å². The second-order valence-electron chi connectivity index (χ2n) is 5.19. The highest BCUT2D eigenvalue weighted by molar-refractivity contribution is 7.10. The van der Waals surface area contributed by atoms with Crippen LogP contribution >= 0.6 is 11.3 Å². The van der Waals surface area contributed by atoms with E-state index in [1.54, 1.807) is 36.6 Å². The highest BCUT2D eigenvalue weighted by atomic mass is 32.1. The summed E-state index contributed by atoms with van der Waals surface area (Å²) < 4.78 is 19.1. The van der Waals surface area contributed by atoms with Crippen LogP contribution in [0.5, 0.6) is 5.75 Å². The van der Waals surface area contributed by atoms with Gasteiger partial charge in [-0.2, -0.15) is 0 Å². The van der Waals surface area contributed by atoms with E-state index in [0.29, 0.717) is 12.5 Å². The Morgan fingerprint density at radius 2 is 2.09 bits per heavy atom. The molecule has 4 nitrogen and oxygen atoms in total. The molecule has 0 saturated carbocycles. The Morgan fingerprint density at radius 3 is 2.74 bits per heavy atom. The summed E-state index contributed by atoms with van der Waals surface area (Å²) in [5.41, 5.74) is 1.27. The molecule has 0 saturated heterocycles. The van der Waals surface area contributed by atoms with Crippen LogP contribution in [0.1, 0.15) is 17.4 Å². The van der Waals surface area contributed by atoms with Crippen LogP contribution in [0.25, 0.3) is 0 Å². The lowest BCUT2D eigenvalue weighted by Crippen LogP contribution is -2.41. The Kier molecular flexibility index (Phi) is 6.40. The smallest absolute Gasteiger partial charge is 0.191 e. The number of benzene rings is 1. The second-order valence-corrected chi connectivity index (χ2v) is 6.19. The molecule has 1 unspecified atom stereocenters. The number of rotatable bonds is 6. The number of aryl methyl sites for hydroxylation is 1. The molecule has 124 valence electrons. The number of nitrogens with zero attached hydrogens (tertiary/aromatic N) is 1. The topological polar surface area (TPSA) is 45.7 Å². The summed E-state index contributed by atoms with van der Waals surface area (Å²) in [4.78, 5) is 5.46. The monoisotopic (exact) mass is 335 g/mol. The average Bonchev–Trinajstić information content (AvgIpc) is 2.95. The van der Waals surface area contributed by atoms with Crippen LogP contribution < -0.4 is 15.4 Å². The van der Waals surface area contributed by atoms with Crippen molar-refractivity contribution in [2.75, 3.05) is 13.6 Å². The van der Waals surface area contributed by atoms with E-state index >= 15 is 0 Å². The quantitative estimate of drug-likeness (QED) is 0.629. The molecule has 2 rings (SSSR count). The average molecular weight is 335 g/mol. The van der Waals surface area contributed by atoms with Gasteiger partial charge in [0, 0.05) is 11.9 Å². The molecule has 0 fully saturated rings. The first-order chi connectivity index (χ1) is 11.1. The lowest BCUT2D eigenvalue weighted by molar-refractivity contribution is 0.214. The molecule has 1 atom stereocenters. The third kappa shape index (κ3) is 5.25. The summed E-state index contributed by atoms with van der Waals surface area (Å²) >= 11 is 1.72. The summed E-state index contributed by atoms with van der Waals surface area (Å²) in [6, 6.07) is 8.51. The molecule has 0 amide bonds. The third-order valence-electron chi connectivity index (χ3n) is 3.33. The van der Waals surface area contributed by atoms with Gasteiger partial charge in [0.25, 0.3) is 0 Å². The zero-order valence-corrected chi connectivity index (χ0v) is 14.4. The highest BCUT2D eigenvalue weighted by Gasteiger charge is 2.09. The molecular weight excluding hydrogens is 313 g/mol. The third-order valence-corrected chi connectivity index (χ3v) is 4.35. The van der Waals surface area contributed by atoms with E-state index in [9.17, 15) is 4.39 Å². The van der Waals surface area contributed by atoms with Gasteiger partial charge in [-0.25, -0.2) is 4.39 Å². The van der Waals surface area contributed by atoms with E-state index in [2.05, 4.69) is 34.0 Å². The van der Waals surface area contributed by atoms with Crippen molar-refractivity contribution in [3.05, 3.63) is 52.0 Å². The standard InChI is InChI=1S/C17H22FN3OS/c1-12-8-9-23-16(12)11-21-17(19-3)20-10-13(2)22-15-7-5-4-6-14(15)18/h4-9,13H,10-11H2,1-3H3,(H2,19,20,21). The maximum absolute atomic E-state index is 13.6. The maximum atomic E-state index is 13.6. The molecule has 0 bridgehead atoms. The number of halogens is 1. The number of hydrogen-bond acceptors (Lipinski definition) is 3. The Labute approximate surface area is 140 Å². The van der Waals surface area contributed by atoms with Crippen molar-refractivity contribution in [3.63, 3.8) is 0 Å². The Morgan fingerprint density at radius 1 is 1.30 bits per heavy atom. The van der Waals surface area contributed by atoms with Gasteiger partial charge in [-0.05, 0) is 43.0 Å². The number of aliphatic imine (C=N–C) groups is 1. The van der Waals surface area contributed by atoms with Gasteiger partial charge in [-0.1, -0.05) is 12.1 Å². The van der Waals surface area contributed by atoms with E-state index in [-0.39, 0.29) is 17.7 Å². The van der Waals surface area contributed by atoms with Crippen molar-refractivity contribution in [1.82, 2.24) is 10.6 Å². The van der Waals surface area contributed by atoms with Gasteiger partial charge in [0.1, 0.15) is 6.10 Å². The van der Waals surface area contributed by atoms with E-state index in [4.69, 9.17) is 4.74 Å². The number of para-hydroxylation sites is 1. The van der Waals surface area contributed by atoms with Gasteiger partial charge >= 0.3 is 0 Å². The van der Waals surface area contributed by atoms with E-state index in [0.717, 1.165) is 6.54 Å². The highest BCUT2D eigenvalue weighted by Crippen LogP contribution is 2.17. The van der Waals surface area contributed by atoms with Crippen LogP contribution in [0.15, 0.2) is 40.7 Å². The van der Waals surface area contributed by atoms with E-state index in [1.807, 2.05) is 6.92 Å². The molecule has 1 aromatic heterocycles. The Balaban J connectivity index is 1.79. The number of nitrogens with one attached hydrogen (secondary N) is 2. The predicted molar refractivity (Wildman–Crippen MR) is 93.7 cm³/mol. The van der Waals surface area contributed by atoms with Gasteiger partial charge in [-0.15, -0.1) is 11.3 Å². The van der Waals surface area contributed by atoms with Crippen molar-refractivity contribution in [1.29, 1.82) is 0 Å². The fourth-order valence-electron chi connectivity index (χ4n) is 2.01. The molecule has 0 spiro atoms. The van der Waals surface area contributed by atoms with Crippen LogP contribution in [0, 0.1) is 12.7 Å². The number of thiophene rings is 1. The summed E-state index contributed by atoms with van der Waals surface area (Å²) in [5.74, 6) is 0.607. The molecule has 23 heavy (non-hydrogen) atoms. The second kappa shape index (κ2) is 8.53. The molecule has 0 aliphatic heterocycles. The summed E-state index contributed by atoms with van der Waals surface area (Å²) in [6.07, 6.45) is -0.186. The zero-order valence-electron chi connectivity index (χ0n) is 13.6. The van der Waals surface area contributed by atoms with Crippen LogP contribution in [-0.2, 0) is 6.54 Å². The van der Waals surface area contributed by atoms with Crippen molar-refractivity contribution < 1.29 is 9.13 Å². The molecule has 2 aromatic rings. The Bertz CT molecular complexity index is 657. The number of guanidine groups is 1. The summed E-state index contributed by atoms with van der Waals surface area (Å²) in [6.45, 7) is 5.23. The van der Waals surface area contributed by atoms with Crippen LogP contribution in [-0.4, -0.2) is 25.7 Å². The minimum absolute atomic E-state index is 0.186. The fourth-order valence-corrected chi connectivity index (χ4v) is 2.85. The van der Waals surface area contributed by atoms with Crippen LogP contribution in [0.3, 0.4) is 0 Å². The van der Waals surface area contributed by atoms with Crippen molar-refractivity contribution >= 4 is 17.3 Å². The molecule has 2 N–H and O–H groups in total. The van der Waals surface area contributed by atoms with Crippen LogP contribution in [0.2, 0.25) is 0 Å². The minimum Gasteiger partial charge on any atom is -0.486 e. The SMILES string of the molecule is CN=C(NCc1sccc1C)NCC(C)Oc1ccccc1F.